The highest BCUT2D eigenvalue weighted by Gasteiger charge is 2.27. The van der Waals surface area contributed by atoms with E-state index in [1.54, 1.807) is 0 Å². The molecule has 0 bridgehead atoms. The molecule has 0 atom stereocenters. The first kappa shape index (κ1) is 9.74. The van der Waals surface area contributed by atoms with Gasteiger partial charge < -0.3 is 14.5 Å². The van der Waals surface area contributed by atoms with Crippen molar-refractivity contribution < 1.29 is 14.3 Å². The van der Waals surface area contributed by atoms with E-state index in [1.807, 2.05) is 0 Å². The molecular formula is C11H11NO4. The van der Waals surface area contributed by atoms with Crippen molar-refractivity contribution in [3.05, 3.63) is 32.7 Å². The molecule has 2 aliphatic rings. The molecule has 5 nitrogen and oxygen atoms in total. The number of aromatic amines is 1. The topological polar surface area (TPSA) is 68.4 Å². The first-order chi connectivity index (χ1) is 7.77. The van der Waals surface area contributed by atoms with Crippen LogP contribution >= 0.6 is 0 Å². The summed E-state index contributed by atoms with van der Waals surface area (Å²) in [5, 5.41) is 0. The van der Waals surface area contributed by atoms with Crippen molar-refractivity contribution in [3.8, 4) is 0 Å². The Morgan fingerprint density at radius 1 is 1.00 bits per heavy atom. The summed E-state index contributed by atoms with van der Waals surface area (Å²) in [4.78, 5) is 26.3. The molecule has 0 aromatic carbocycles. The summed E-state index contributed by atoms with van der Waals surface area (Å²) in [6.45, 7) is 1.28. The highest BCUT2D eigenvalue weighted by atomic mass is 16.5. The van der Waals surface area contributed by atoms with Crippen molar-refractivity contribution in [2.24, 2.45) is 0 Å². The van der Waals surface area contributed by atoms with Crippen LogP contribution in [0.15, 0.2) is 4.79 Å². The summed E-state index contributed by atoms with van der Waals surface area (Å²) in [6, 6.07) is 0. The monoisotopic (exact) mass is 221 g/mol. The first-order valence-electron chi connectivity index (χ1n) is 5.23. The molecule has 84 valence electrons. The van der Waals surface area contributed by atoms with E-state index < -0.39 is 0 Å². The van der Waals surface area contributed by atoms with E-state index in [2.05, 4.69) is 4.98 Å². The van der Waals surface area contributed by atoms with Crippen LogP contribution < -0.4 is 5.56 Å². The Morgan fingerprint density at radius 2 is 1.88 bits per heavy atom. The number of Topliss-reactive ketones (excluding diaryl/α,β-unsaturated/α-hetero) is 1. The number of carbonyl (C=O) groups excluding carboxylic acids is 1. The van der Waals surface area contributed by atoms with Crippen LogP contribution in [0.5, 0.6) is 0 Å². The maximum Gasteiger partial charge on any atom is 0.251 e. The number of ether oxygens (including phenoxy) is 2. The molecule has 0 radical (unpaired) electrons. The van der Waals surface area contributed by atoms with Gasteiger partial charge in [-0.1, -0.05) is 0 Å². The second-order valence-corrected chi connectivity index (χ2v) is 3.98. The number of H-pyrrole nitrogens is 1. The van der Waals surface area contributed by atoms with Gasteiger partial charge in [-0.2, -0.15) is 0 Å². The fourth-order valence-corrected chi connectivity index (χ4v) is 2.28. The molecule has 0 unspecified atom stereocenters. The molecule has 1 N–H and O–H groups in total. The fraction of sp³-hybridized carbons (Fsp3) is 0.455. The van der Waals surface area contributed by atoms with Gasteiger partial charge in [0.2, 0.25) is 0 Å². The molecule has 5 heteroatoms. The Morgan fingerprint density at radius 3 is 2.75 bits per heavy atom. The molecular weight excluding hydrogens is 210 g/mol. The average molecular weight is 221 g/mol. The van der Waals surface area contributed by atoms with Gasteiger partial charge in [0.25, 0.3) is 5.56 Å². The van der Waals surface area contributed by atoms with Crippen molar-refractivity contribution in [1.82, 2.24) is 4.98 Å². The number of hydrogen-bond donors (Lipinski definition) is 1. The first-order valence-corrected chi connectivity index (χ1v) is 5.23. The highest BCUT2D eigenvalue weighted by Crippen LogP contribution is 2.23. The van der Waals surface area contributed by atoms with Gasteiger partial charge in [0, 0.05) is 17.5 Å². The summed E-state index contributed by atoms with van der Waals surface area (Å²) in [6.07, 6.45) is 0.575. The number of ketones is 1. The largest absolute Gasteiger partial charge is 0.376 e. The number of rotatable bonds is 0. The molecule has 0 amide bonds. The summed E-state index contributed by atoms with van der Waals surface area (Å²) in [5.41, 5.74) is 2.54. The van der Waals surface area contributed by atoms with Crippen LogP contribution in [-0.2, 0) is 29.1 Å². The number of carbonyl (C=O) groups is 1. The number of aromatic nitrogens is 1. The lowest BCUT2D eigenvalue weighted by atomic mass is 9.94. The third-order valence-corrected chi connectivity index (χ3v) is 3.01. The van der Waals surface area contributed by atoms with Gasteiger partial charge >= 0.3 is 0 Å². The molecule has 3 heterocycles. The van der Waals surface area contributed by atoms with Gasteiger partial charge in [0.15, 0.2) is 5.78 Å². The SMILES string of the molecule is O=C1COCc2[nH]c(=O)c3c(c21)COCC3. The minimum atomic E-state index is -0.115. The van der Waals surface area contributed by atoms with Crippen LogP contribution in [0.3, 0.4) is 0 Å². The zero-order valence-corrected chi connectivity index (χ0v) is 8.67. The lowest BCUT2D eigenvalue weighted by Crippen LogP contribution is -2.31. The van der Waals surface area contributed by atoms with E-state index in [4.69, 9.17) is 9.47 Å². The van der Waals surface area contributed by atoms with Crippen molar-refractivity contribution >= 4 is 5.78 Å². The molecule has 0 fully saturated rings. The Balaban J connectivity index is 2.29. The summed E-state index contributed by atoms with van der Waals surface area (Å²) >= 11 is 0. The van der Waals surface area contributed by atoms with Crippen LogP contribution in [0.1, 0.15) is 27.2 Å². The van der Waals surface area contributed by atoms with Gasteiger partial charge in [-0.05, 0) is 5.56 Å². The van der Waals surface area contributed by atoms with Crippen LogP contribution in [0.2, 0.25) is 0 Å². The van der Waals surface area contributed by atoms with E-state index in [1.165, 1.54) is 0 Å². The molecule has 0 spiro atoms. The van der Waals surface area contributed by atoms with Crippen molar-refractivity contribution in [2.75, 3.05) is 13.2 Å². The number of pyridine rings is 1. The van der Waals surface area contributed by atoms with Crippen LogP contribution in [0.25, 0.3) is 0 Å². The van der Waals surface area contributed by atoms with Crippen molar-refractivity contribution in [3.63, 3.8) is 0 Å². The number of hydrogen-bond acceptors (Lipinski definition) is 4. The quantitative estimate of drug-likeness (QED) is 0.677. The van der Waals surface area contributed by atoms with Gasteiger partial charge in [0.05, 0.1) is 25.5 Å². The average Bonchev–Trinajstić information content (AvgIpc) is 2.29. The van der Waals surface area contributed by atoms with Gasteiger partial charge in [-0.25, -0.2) is 0 Å². The Hall–Kier alpha value is -1.46. The minimum Gasteiger partial charge on any atom is -0.376 e. The Bertz CT molecular complexity index is 517. The lowest BCUT2D eigenvalue weighted by Gasteiger charge is -2.23. The van der Waals surface area contributed by atoms with Crippen LogP contribution in [0.4, 0.5) is 0 Å². The smallest absolute Gasteiger partial charge is 0.251 e. The molecule has 0 saturated heterocycles. The predicted octanol–water partition coefficient (Wildman–Crippen LogP) is 0.160. The maximum atomic E-state index is 11.8. The van der Waals surface area contributed by atoms with E-state index >= 15 is 0 Å². The van der Waals surface area contributed by atoms with Gasteiger partial charge in [0.1, 0.15) is 6.61 Å². The van der Waals surface area contributed by atoms with Crippen molar-refractivity contribution in [2.45, 2.75) is 19.6 Å². The number of fused-ring (bicyclic) bond motifs is 3. The lowest BCUT2D eigenvalue weighted by molar-refractivity contribution is 0.0633. The van der Waals surface area contributed by atoms with E-state index in [-0.39, 0.29) is 17.9 Å². The second-order valence-electron chi connectivity index (χ2n) is 3.98. The molecule has 1 aromatic rings. The van der Waals surface area contributed by atoms with E-state index in [0.29, 0.717) is 43.1 Å². The Labute approximate surface area is 91.4 Å². The van der Waals surface area contributed by atoms with Gasteiger partial charge in [-0.15, -0.1) is 0 Å². The molecule has 0 saturated carbocycles. The van der Waals surface area contributed by atoms with Crippen LogP contribution in [-0.4, -0.2) is 24.0 Å². The molecule has 1 aromatic heterocycles. The van der Waals surface area contributed by atoms with Gasteiger partial charge in [-0.3, -0.25) is 9.59 Å². The summed E-state index contributed by atoms with van der Waals surface area (Å²) in [5.74, 6) is -0.0701. The summed E-state index contributed by atoms with van der Waals surface area (Å²) < 4.78 is 10.4. The Kier molecular flexibility index (Phi) is 2.15. The molecule has 16 heavy (non-hydrogen) atoms. The molecule has 0 aliphatic carbocycles. The summed E-state index contributed by atoms with van der Waals surface area (Å²) in [7, 11) is 0. The fourth-order valence-electron chi connectivity index (χ4n) is 2.28. The third-order valence-electron chi connectivity index (χ3n) is 3.01. The number of nitrogens with one attached hydrogen (secondary N) is 1. The van der Waals surface area contributed by atoms with Crippen molar-refractivity contribution in [1.29, 1.82) is 0 Å². The second kappa shape index (κ2) is 3.54. The third kappa shape index (κ3) is 1.32. The zero-order valence-electron chi connectivity index (χ0n) is 8.67. The zero-order chi connectivity index (χ0) is 11.1. The normalized spacial score (nSPS) is 19.1. The van der Waals surface area contributed by atoms with E-state index in [9.17, 15) is 9.59 Å². The highest BCUT2D eigenvalue weighted by molar-refractivity contribution is 6.00. The maximum absolute atomic E-state index is 11.8. The minimum absolute atomic E-state index is 0.0701. The van der Waals surface area contributed by atoms with E-state index in [0.717, 1.165) is 5.56 Å². The standard InChI is InChI=1S/C11H11NO4/c13-9-5-16-4-8-10(9)7-3-15-2-1-6(7)11(14)12-8/h1-5H2,(H,12,14). The van der Waals surface area contributed by atoms with Crippen LogP contribution in [0, 0.1) is 0 Å². The molecule has 2 aliphatic heterocycles. The molecule has 3 rings (SSSR count). The predicted molar refractivity (Wildman–Crippen MR) is 54.4 cm³/mol.